The Morgan fingerprint density at radius 1 is 1.22 bits per heavy atom. The molecule has 0 saturated heterocycles. The van der Waals surface area contributed by atoms with Crippen molar-refractivity contribution in [2.24, 2.45) is 0 Å². The summed E-state index contributed by atoms with van der Waals surface area (Å²) in [4.78, 5) is 11.2. The molecule has 2 N–H and O–H groups in total. The molecule has 0 radical (unpaired) electrons. The van der Waals surface area contributed by atoms with Gasteiger partial charge in [-0.3, -0.25) is 4.79 Å². The van der Waals surface area contributed by atoms with Crippen LogP contribution in [0.5, 0.6) is 5.75 Å². The Bertz CT molecular complexity index is 351. The third-order valence-electron chi connectivity index (χ3n) is 2.19. The minimum absolute atomic E-state index is 0.0129. The van der Waals surface area contributed by atoms with E-state index in [2.05, 4.69) is 5.32 Å². The van der Waals surface area contributed by atoms with E-state index in [9.17, 15) is 4.79 Å². The molecule has 1 aromatic rings. The van der Waals surface area contributed by atoms with E-state index in [0.29, 0.717) is 26.2 Å². The van der Waals surface area contributed by atoms with E-state index in [1.54, 1.807) is 31.2 Å². The zero-order chi connectivity index (χ0) is 13.2. The summed E-state index contributed by atoms with van der Waals surface area (Å²) in [5.41, 5.74) is 0.755. The summed E-state index contributed by atoms with van der Waals surface area (Å²) in [6.07, 6.45) is 0.459. The molecule has 0 aromatic heterocycles. The average molecular weight is 253 g/mol. The van der Waals surface area contributed by atoms with E-state index < -0.39 is 0 Å². The van der Waals surface area contributed by atoms with E-state index >= 15 is 0 Å². The molecular formula is C13H19NO4. The van der Waals surface area contributed by atoms with Gasteiger partial charge in [0.15, 0.2) is 0 Å². The third-order valence-corrected chi connectivity index (χ3v) is 2.19. The summed E-state index contributed by atoms with van der Waals surface area (Å²) < 4.78 is 10.5. The highest BCUT2D eigenvalue weighted by molar-refractivity contribution is 5.90. The van der Waals surface area contributed by atoms with Gasteiger partial charge in [-0.05, 0) is 24.3 Å². The molecule has 0 heterocycles. The van der Waals surface area contributed by atoms with E-state index in [4.69, 9.17) is 14.6 Å². The molecule has 0 aliphatic rings. The van der Waals surface area contributed by atoms with E-state index in [1.165, 1.54) is 0 Å². The van der Waals surface area contributed by atoms with Gasteiger partial charge in [0, 0.05) is 12.1 Å². The molecule has 1 amide bonds. The minimum Gasteiger partial charge on any atom is -0.491 e. The molecule has 1 rings (SSSR count). The van der Waals surface area contributed by atoms with Gasteiger partial charge in [-0.2, -0.15) is 0 Å². The number of carbonyl (C=O) groups excluding carboxylic acids is 1. The fourth-order valence-corrected chi connectivity index (χ4v) is 1.27. The fourth-order valence-electron chi connectivity index (χ4n) is 1.27. The highest BCUT2D eigenvalue weighted by atomic mass is 16.5. The number of benzene rings is 1. The number of carbonyl (C=O) groups is 1. The SMILES string of the molecule is CCC(=O)Nc1ccc(OCCOCCO)cc1. The topological polar surface area (TPSA) is 67.8 Å². The van der Waals surface area contributed by atoms with Crippen molar-refractivity contribution < 1.29 is 19.4 Å². The molecule has 5 nitrogen and oxygen atoms in total. The van der Waals surface area contributed by atoms with Gasteiger partial charge >= 0.3 is 0 Å². The second-order valence-corrected chi connectivity index (χ2v) is 3.61. The number of anilines is 1. The van der Waals surface area contributed by atoms with Crippen LogP contribution in [0.4, 0.5) is 5.69 Å². The van der Waals surface area contributed by atoms with E-state index in [0.717, 1.165) is 11.4 Å². The number of aliphatic hydroxyl groups excluding tert-OH is 1. The number of rotatable bonds is 8. The maximum Gasteiger partial charge on any atom is 0.224 e. The van der Waals surface area contributed by atoms with Gasteiger partial charge in [0.1, 0.15) is 12.4 Å². The minimum atomic E-state index is -0.0129. The smallest absolute Gasteiger partial charge is 0.224 e. The lowest BCUT2D eigenvalue weighted by atomic mass is 10.3. The third kappa shape index (κ3) is 5.65. The Balaban J connectivity index is 2.29. The van der Waals surface area contributed by atoms with Gasteiger partial charge in [0.2, 0.25) is 5.91 Å². The molecule has 0 bridgehead atoms. The Labute approximate surface area is 107 Å². The van der Waals surface area contributed by atoms with E-state index in [1.807, 2.05) is 0 Å². The van der Waals surface area contributed by atoms with Crippen molar-refractivity contribution in [3.8, 4) is 5.75 Å². The molecule has 0 aliphatic carbocycles. The summed E-state index contributed by atoms with van der Waals surface area (Å²) in [5.74, 6) is 0.707. The summed E-state index contributed by atoms with van der Waals surface area (Å²) in [7, 11) is 0. The standard InChI is InChI=1S/C13H19NO4/c1-2-13(16)14-11-3-5-12(6-4-11)18-10-9-17-8-7-15/h3-6,15H,2,7-10H2,1H3,(H,14,16). The van der Waals surface area contributed by atoms with Crippen molar-refractivity contribution in [3.63, 3.8) is 0 Å². The number of aliphatic hydroxyl groups is 1. The Morgan fingerprint density at radius 3 is 2.56 bits per heavy atom. The lowest BCUT2D eigenvalue weighted by molar-refractivity contribution is -0.115. The molecule has 0 aliphatic heterocycles. The van der Waals surface area contributed by atoms with Gasteiger partial charge in [-0.15, -0.1) is 0 Å². The first-order chi connectivity index (χ1) is 8.76. The monoisotopic (exact) mass is 253 g/mol. The van der Waals surface area contributed by atoms with Gasteiger partial charge in [-0.25, -0.2) is 0 Å². The lowest BCUT2D eigenvalue weighted by Gasteiger charge is -2.08. The molecule has 18 heavy (non-hydrogen) atoms. The molecule has 0 spiro atoms. The average Bonchev–Trinajstić information content (AvgIpc) is 2.40. The normalized spacial score (nSPS) is 10.1. The predicted octanol–water partition coefficient (Wildman–Crippen LogP) is 1.42. The Morgan fingerprint density at radius 2 is 1.94 bits per heavy atom. The number of hydrogen-bond acceptors (Lipinski definition) is 4. The summed E-state index contributed by atoms with van der Waals surface area (Å²) in [5, 5.41) is 11.3. The molecular weight excluding hydrogens is 234 g/mol. The second kappa shape index (κ2) is 8.49. The molecule has 1 aromatic carbocycles. The van der Waals surface area contributed by atoms with Crippen LogP contribution < -0.4 is 10.1 Å². The highest BCUT2D eigenvalue weighted by Crippen LogP contribution is 2.15. The summed E-state index contributed by atoms with van der Waals surface area (Å²) >= 11 is 0. The van der Waals surface area contributed by atoms with Gasteiger partial charge in [0.25, 0.3) is 0 Å². The summed E-state index contributed by atoms with van der Waals surface area (Å²) in [6, 6.07) is 7.16. The lowest BCUT2D eigenvalue weighted by Crippen LogP contribution is -2.10. The maximum atomic E-state index is 11.2. The van der Waals surface area contributed by atoms with Crippen LogP contribution in [0.1, 0.15) is 13.3 Å². The van der Waals surface area contributed by atoms with Crippen molar-refractivity contribution in [2.75, 3.05) is 31.7 Å². The molecule has 0 fully saturated rings. The van der Waals surface area contributed by atoms with Crippen LogP contribution in [-0.4, -0.2) is 37.4 Å². The van der Waals surface area contributed by atoms with Crippen LogP contribution in [0.3, 0.4) is 0 Å². The zero-order valence-corrected chi connectivity index (χ0v) is 10.5. The largest absolute Gasteiger partial charge is 0.491 e. The first-order valence-corrected chi connectivity index (χ1v) is 5.97. The number of nitrogens with one attached hydrogen (secondary N) is 1. The van der Waals surface area contributed by atoms with Gasteiger partial charge in [-0.1, -0.05) is 6.92 Å². The molecule has 5 heteroatoms. The summed E-state index contributed by atoms with van der Waals surface area (Å²) in [6.45, 7) is 3.02. The van der Waals surface area contributed by atoms with Crippen molar-refractivity contribution >= 4 is 11.6 Å². The fraction of sp³-hybridized carbons (Fsp3) is 0.462. The predicted molar refractivity (Wildman–Crippen MR) is 68.8 cm³/mol. The number of amides is 1. The molecule has 0 atom stereocenters. The molecule has 0 unspecified atom stereocenters. The highest BCUT2D eigenvalue weighted by Gasteiger charge is 1.99. The Kier molecular flexibility index (Phi) is 6.83. The van der Waals surface area contributed by atoms with Crippen molar-refractivity contribution in [2.45, 2.75) is 13.3 Å². The number of ether oxygens (including phenoxy) is 2. The maximum absolute atomic E-state index is 11.2. The van der Waals surface area contributed by atoms with Crippen LogP contribution in [-0.2, 0) is 9.53 Å². The van der Waals surface area contributed by atoms with Crippen LogP contribution >= 0.6 is 0 Å². The van der Waals surface area contributed by atoms with Crippen LogP contribution in [0.2, 0.25) is 0 Å². The quantitative estimate of drug-likeness (QED) is 0.688. The molecule has 100 valence electrons. The molecule has 0 saturated carbocycles. The van der Waals surface area contributed by atoms with Crippen molar-refractivity contribution in [1.82, 2.24) is 0 Å². The van der Waals surface area contributed by atoms with Crippen molar-refractivity contribution in [3.05, 3.63) is 24.3 Å². The Hall–Kier alpha value is -1.59. The number of hydrogen-bond donors (Lipinski definition) is 2. The van der Waals surface area contributed by atoms with Crippen LogP contribution in [0.25, 0.3) is 0 Å². The van der Waals surface area contributed by atoms with Crippen molar-refractivity contribution in [1.29, 1.82) is 0 Å². The van der Waals surface area contributed by atoms with Crippen LogP contribution in [0, 0.1) is 0 Å². The first-order valence-electron chi connectivity index (χ1n) is 5.97. The zero-order valence-electron chi connectivity index (χ0n) is 10.5. The first kappa shape index (κ1) is 14.5. The van der Waals surface area contributed by atoms with Gasteiger partial charge < -0.3 is 19.9 Å². The van der Waals surface area contributed by atoms with Crippen LogP contribution in [0.15, 0.2) is 24.3 Å². The second-order valence-electron chi connectivity index (χ2n) is 3.61. The van der Waals surface area contributed by atoms with Gasteiger partial charge in [0.05, 0.1) is 19.8 Å². The van der Waals surface area contributed by atoms with E-state index in [-0.39, 0.29) is 12.5 Å².